The highest BCUT2D eigenvalue weighted by molar-refractivity contribution is 5.77. The standard InChI is InChI=1S/C15H21N3O2/c1-4-17-9-13-7-11(2)15(12(3)8-13)20-10-14(19)18-6-5-16/h7-8,17H,4,6,9-10H2,1-3H3,(H,18,19). The van der Waals surface area contributed by atoms with Crippen LogP contribution in [0.4, 0.5) is 0 Å². The number of carbonyl (C=O) groups is 1. The number of carbonyl (C=O) groups excluding carboxylic acids is 1. The summed E-state index contributed by atoms with van der Waals surface area (Å²) >= 11 is 0. The van der Waals surface area contributed by atoms with Gasteiger partial charge in [0.2, 0.25) is 0 Å². The molecule has 1 amide bonds. The van der Waals surface area contributed by atoms with Gasteiger partial charge in [-0.1, -0.05) is 19.1 Å². The second kappa shape index (κ2) is 8.18. The minimum absolute atomic E-state index is 0.00177. The van der Waals surface area contributed by atoms with Crippen LogP contribution in [0, 0.1) is 25.2 Å². The summed E-state index contributed by atoms with van der Waals surface area (Å²) in [6.45, 7) is 7.67. The number of hydrogen-bond acceptors (Lipinski definition) is 4. The molecule has 0 bridgehead atoms. The van der Waals surface area contributed by atoms with Gasteiger partial charge in [0, 0.05) is 6.54 Å². The number of nitrogens with zero attached hydrogens (tertiary/aromatic N) is 1. The first-order valence-corrected chi connectivity index (χ1v) is 6.65. The van der Waals surface area contributed by atoms with Gasteiger partial charge in [0.15, 0.2) is 6.61 Å². The molecule has 0 saturated heterocycles. The van der Waals surface area contributed by atoms with E-state index in [0.717, 1.165) is 30.0 Å². The number of nitriles is 1. The van der Waals surface area contributed by atoms with E-state index in [1.165, 1.54) is 5.56 Å². The number of ether oxygens (including phenoxy) is 1. The Labute approximate surface area is 119 Å². The van der Waals surface area contributed by atoms with Crippen molar-refractivity contribution in [3.8, 4) is 11.8 Å². The van der Waals surface area contributed by atoms with Gasteiger partial charge in [0.1, 0.15) is 12.3 Å². The first kappa shape index (κ1) is 16.0. The van der Waals surface area contributed by atoms with Gasteiger partial charge in [-0.2, -0.15) is 5.26 Å². The van der Waals surface area contributed by atoms with Crippen molar-refractivity contribution < 1.29 is 9.53 Å². The number of hydrogen-bond donors (Lipinski definition) is 2. The maximum absolute atomic E-state index is 11.4. The molecule has 108 valence electrons. The maximum Gasteiger partial charge on any atom is 0.258 e. The van der Waals surface area contributed by atoms with Crippen LogP contribution in [0.1, 0.15) is 23.6 Å². The van der Waals surface area contributed by atoms with Gasteiger partial charge in [-0.05, 0) is 37.1 Å². The Hall–Kier alpha value is -2.06. The van der Waals surface area contributed by atoms with Crippen molar-refractivity contribution in [2.45, 2.75) is 27.3 Å². The Kier molecular flexibility index (Phi) is 6.54. The summed E-state index contributed by atoms with van der Waals surface area (Å²) < 4.78 is 5.54. The zero-order valence-electron chi connectivity index (χ0n) is 12.2. The van der Waals surface area contributed by atoms with Gasteiger partial charge in [0.05, 0.1) is 6.07 Å². The molecule has 0 aliphatic heterocycles. The second-order valence-electron chi connectivity index (χ2n) is 4.56. The van der Waals surface area contributed by atoms with Crippen molar-refractivity contribution in [3.63, 3.8) is 0 Å². The molecule has 0 aliphatic rings. The summed E-state index contributed by atoms with van der Waals surface area (Å²) in [6, 6.07) is 5.96. The van der Waals surface area contributed by atoms with Crippen LogP contribution in [0.2, 0.25) is 0 Å². The Morgan fingerprint density at radius 3 is 2.55 bits per heavy atom. The molecule has 2 N–H and O–H groups in total. The van der Waals surface area contributed by atoms with Gasteiger partial charge in [-0.15, -0.1) is 0 Å². The molecule has 0 unspecified atom stereocenters. The van der Waals surface area contributed by atoms with E-state index in [-0.39, 0.29) is 19.1 Å². The number of nitrogens with one attached hydrogen (secondary N) is 2. The van der Waals surface area contributed by atoms with Crippen molar-refractivity contribution in [1.29, 1.82) is 5.26 Å². The summed E-state index contributed by atoms with van der Waals surface area (Å²) in [7, 11) is 0. The molecule has 0 atom stereocenters. The minimum Gasteiger partial charge on any atom is -0.483 e. The molecular formula is C15H21N3O2. The van der Waals surface area contributed by atoms with Gasteiger partial charge in [-0.3, -0.25) is 4.79 Å². The third-order valence-corrected chi connectivity index (χ3v) is 2.81. The van der Waals surface area contributed by atoms with E-state index in [1.807, 2.05) is 19.9 Å². The molecule has 1 aromatic rings. The molecule has 0 aliphatic carbocycles. The van der Waals surface area contributed by atoms with Gasteiger partial charge < -0.3 is 15.4 Å². The van der Waals surface area contributed by atoms with Crippen molar-refractivity contribution >= 4 is 5.91 Å². The normalized spacial score (nSPS) is 9.90. The molecule has 1 aromatic carbocycles. The van der Waals surface area contributed by atoms with E-state index in [4.69, 9.17) is 10.00 Å². The zero-order chi connectivity index (χ0) is 15.0. The lowest BCUT2D eigenvalue weighted by atomic mass is 10.1. The van der Waals surface area contributed by atoms with Crippen LogP contribution in [0.25, 0.3) is 0 Å². The van der Waals surface area contributed by atoms with E-state index in [2.05, 4.69) is 29.7 Å². The van der Waals surface area contributed by atoms with Crippen molar-refractivity contribution in [3.05, 3.63) is 28.8 Å². The van der Waals surface area contributed by atoms with E-state index in [9.17, 15) is 4.79 Å². The molecule has 0 aromatic heterocycles. The van der Waals surface area contributed by atoms with E-state index < -0.39 is 0 Å². The fraction of sp³-hybridized carbons (Fsp3) is 0.467. The number of amides is 1. The first-order chi connectivity index (χ1) is 9.58. The topological polar surface area (TPSA) is 74.2 Å². The Morgan fingerprint density at radius 1 is 1.35 bits per heavy atom. The molecule has 0 heterocycles. The number of benzene rings is 1. The Morgan fingerprint density at radius 2 is 2.00 bits per heavy atom. The minimum atomic E-state index is -0.290. The molecule has 5 heteroatoms. The van der Waals surface area contributed by atoms with Crippen LogP contribution >= 0.6 is 0 Å². The number of aryl methyl sites for hydroxylation is 2. The Bertz CT molecular complexity index is 483. The predicted octanol–water partition coefficient (Wildman–Crippen LogP) is 1.43. The van der Waals surface area contributed by atoms with Crippen molar-refractivity contribution in [2.75, 3.05) is 19.7 Å². The fourth-order valence-corrected chi connectivity index (χ4v) is 1.97. The van der Waals surface area contributed by atoms with E-state index in [0.29, 0.717) is 0 Å². The molecule has 1 rings (SSSR count). The van der Waals surface area contributed by atoms with Crippen LogP contribution in [-0.4, -0.2) is 25.6 Å². The maximum atomic E-state index is 11.4. The zero-order valence-corrected chi connectivity index (χ0v) is 12.2. The summed E-state index contributed by atoms with van der Waals surface area (Å²) in [5.41, 5.74) is 3.21. The lowest BCUT2D eigenvalue weighted by Gasteiger charge is -2.14. The lowest BCUT2D eigenvalue weighted by Crippen LogP contribution is -2.29. The number of rotatable bonds is 7. The van der Waals surface area contributed by atoms with Gasteiger partial charge in [0.25, 0.3) is 5.91 Å². The Balaban J connectivity index is 2.67. The third-order valence-electron chi connectivity index (χ3n) is 2.81. The monoisotopic (exact) mass is 275 g/mol. The molecule has 0 fully saturated rings. The van der Waals surface area contributed by atoms with Crippen LogP contribution < -0.4 is 15.4 Å². The molecule has 0 saturated carbocycles. The van der Waals surface area contributed by atoms with Crippen LogP contribution in [-0.2, 0) is 11.3 Å². The molecule has 0 radical (unpaired) electrons. The fourth-order valence-electron chi connectivity index (χ4n) is 1.97. The summed E-state index contributed by atoms with van der Waals surface area (Å²) in [4.78, 5) is 11.4. The predicted molar refractivity (Wildman–Crippen MR) is 77.4 cm³/mol. The van der Waals surface area contributed by atoms with E-state index >= 15 is 0 Å². The molecule has 20 heavy (non-hydrogen) atoms. The summed E-state index contributed by atoms with van der Waals surface area (Å²) in [5.74, 6) is 0.444. The molecule has 5 nitrogen and oxygen atoms in total. The highest BCUT2D eigenvalue weighted by Crippen LogP contribution is 2.24. The van der Waals surface area contributed by atoms with Crippen molar-refractivity contribution in [2.24, 2.45) is 0 Å². The largest absolute Gasteiger partial charge is 0.483 e. The van der Waals surface area contributed by atoms with E-state index in [1.54, 1.807) is 0 Å². The quantitative estimate of drug-likeness (QED) is 0.738. The average molecular weight is 275 g/mol. The summed E-state index contributed by atoms with van der Waals surface area (Å²) in [5, 5.41) is 14.1. The van der Waals surface area contributed by atoms with Crippen LogP contribution in [0.3, 0.4) is 0 Å². The van der Waals surface area contributed by atoms with Crippen LogP contribution in [0.15, 0.2) is 12.1 Å². The highest BCUT2D eigenvalue weighted by Gasteiger charge is 2.09. The first-order valence-electron chi connectivity index (χ1n) is 6.65. The SMILES string of the molecule is CCNCc1cc(C)c(OCC(=O)NCC#N)c(C)c1. The van der Waals surface area contributed by atoms with Crippen LogP contribution in [0.5, 0.6) is 5.75 Å². The second-order valence-corrected chi connectivity index (χ2v) is 4.56. The van der Waals surface area contributed by atoms with Gasteiger partial charge in [-0.25, -0.2) is 0 Å². The van der Waals surface area contributed by atoms with Crippen molar-refractivity contribution in [1.82, 2.24) is 10.6 Å². The third kappa shape index (κ3) is 4.90. The molecule has 0 spiro atoms. The smallest absolute Gasteiger partial charge is 0.258 e. The van der Waals surface area contributed by atoms with Gasteiger partial charge >= 0.3 is 0 Å². The molecular weight excluding hydrogens is 254 g/mol. The lowest BCUT2D eigenvalue weighted by molar-refractivity contribution is -0.122. The summed E-state index contributed by atoms with van der Waals surface area (Å²) in [6.07, 6.45) is 0. The highest BCUT2D eigenvalue weighted by atomic mass is 16.5. The average Bonchev–Trinajstić information content (AvgIpc) is 2.41.